The lowest BCUT2D eigenvalue weighted by Gasteiger charge is -2.38. The largest absolute Gasteiger partial charge is 0.378 e. The van der Waals surface area contributed by atoms with E-state index < -0.39 is 0 Å². The normalized spacial score (nSPS) is 22.7. The second-order valence-corrected chi connectivity index (χ2v) is 9.20. The molecule has 3 heterocycles. The van der Waals surface area contributed by atoms with Crippen LogP contribution in [0, 0.1) is 5.92 Å². The van der Waals surface area contributed by atoms with Gasteiger partial charge in [-0.1, -0.05) is 26.2 Å². The van der Waals surface area contributed by atoms with E-state index in [0.29, 0.717) is 23.4 Å². The number of nitrogens with zero attached hydrogens (tertiary/aromatic N) is 4. The van der Waals surface area contributed by atoms with Crippen LogP contribution in [0.25, 0.3) is 5.82 Å². The quantitative estimate of drug-likeness (QED) is 0.601. The molecule has 2 aliphatic rings. The van der Waals surface area contributed by atoms with Crippen LogP contribution in [0.5, 0.6) is 0 Å². The molecule has 0 bridgehead atoms. The predicted molar refractivity (Wildman–Crippen MR) is 125 cm³/mol. The van der Waals surface area contributed by atoms with Crippen LogP contribution in [0.1, 0.15) is 68.6 Å². The van der Waals surface area contributed by atoms with Gasteiger partial charge in [-0.05, 0) is 56.2 Å². The summed E-state index contributed by atoms with van der Waals surface area (Å²) in [5, 5.41) is 7.50. The molecule has 0 unspecified atom stereocenters. The average molecular weight is 440 g/mol. The zero-order valence-electron chi connectivity index (χ0n) is 19.3. The van der Waals surface area contributed by atoms with E-state index in [1.807, 2.05) is 24.4 Å². The van der Waals surface area contributed by atoms with Gasteiger partial charge >= 0.3 is 0 Å². The fourth-order valence-corrected chi connectivity index (χ4v) is 4.91. The van der Waals surface area contributed by atoms with Gasteiger partial charge in [0.2, 0.25) is 0 Å². The van der Waals surface area contributed by atoms with E-state index >= 15 is 0 Å². The van der Waals surface area contributed by atoms with Crippen LogP contribution in [-0.4, -0.2) is 64.0 Å². The molecule has 1 aliphatic heterocycles. The summed E-state index contributed by atoms with van der Waals surface area (Å²) in [4.78, 5) is 19.9. The molecule has 0 radical (unpaired) electrons. The maximum Gasteiger partial charge on any atom is 0.253 e. The fourth-order valence-electron chi connectivity index (χ4n) is 4.91. The standard InChI is InChI=1S/C25H37N5O2/c1-2-3-17-32-22-11-15-29(16-12-22)19-21-7-4-5-8-23(21)28-25(31)20-9-10-24(26-18-20)30-14-6-13-27-30/h6,9-10,13-14,18,21-23H,2-5,7-8,11-12,15-17,19H2,1H3,(H,28,31)/t21-,23+/m1/s1. The van der Waals surface area contributed by atoms with Crippen molar-refractivity contribution in [1.29, 1.82) is 0 Å². The van der Waals surface area contributed by atoms with Crippen molar-refractivity contribution in [3.63, 3.8) is 0 Å². The third-order valence-corrected chi connectivity index (χ3v) is 6.85. The van der Waals surface area contributed by atoms with Crippen molar-refractivity contribution in [2.24, 2.45) is 5.92 Å². The third-order valence-electron chi connectivity index (χ3n) is 6.85. The first-order chi connectivity index (χ1) is 15.7. The number of carbonyl (C=O) groups is 1. The maximum absolute atomic E-state index is 12.9. The molecule has 2 atom stereocenters. The minimum Gasteiger partial charge on any atom is -0.378 e. The number of rotatable bonds is 9. The number of ether oxygens (including phenoxy) is 1. The summed E-state index contributed by atoms with van der Waals surface area (Å²) in [6.07, 6.45) is 14.9. The monoisotopic (exact) mass is 439 g/mol. The van der Waals surface area contributed by atoms with Gasteiger partial charge in [-0.15, -0.1) is 0 Å². The molecular weight excluding hydrogens is 402 g/mol. The number of unbranched alkanes of at least 4 members (excludes halogenated alkanes) is 1. The summed E-state index contributed by atoms with van der Waals surface area (Å²) in [6.45, 7) is 6.39. The molecule has 1 amide bonds. The van der Waals surface area contributed by atoms with Crippen molar-refractivity contribution < 1.29 is 9.53 Å². The number of likely N-dealkylation sites (tertiary alicyclic amines) is 1. The Hall–Kier alpha value is -2.25. The first-order valence-corrected chi connectivity index (χ1v) is 12.3. The van der Waals surface area contributed by atoms with E-state index in [2.05, 4.69) is 27.2 Å². The molecule has 2 fully saturated rings. The number of aromatic nitrogens is 3. The third kappa shape index (κ3) is 6.17. The van der Waals surface area contributed by atoms with Gasteiger partial charge in [0.25, 0.3) is 5.91 Å². The van der Waals surface area contributed by atoms with Crippen molar-refractivity contribution >= 4 is 5.91 Å². The van der Waals surface area contributed by atoms with Gasteiger partial charge in [-0.3, -0.25) is 4.79 Å². The highest BCUT2D eigenvalue weighted by molar-refractivity contribution is 5.94. The van der Waals surface area contributed by atoms with Gasteiger partial charge < -0.3 is 15.0 Å². The molecule has 7 nitrogen and oxygen atoms in total. The summed E-state index contributed by atoms with van der Waals surface area (Å²) in [5.41, 5.74) is 0.607. The van der Waals surface area contributed by atoms with E-state index in [1.54, 1.807) is 17.1 Å². The lowest BCUT2D eigenvalue weighted by molar-refractivity contribution is 0.00119. The SMILES string of the molecule is CCCCOC1CCN(C[C@H]2CCCC[C@@H]2NC(=O)c2ccc(-n3cccn3)nc2)CC1. The summed E-state index contributed by atoms with van der Waals surface area (Å²) in [7, 11) is 0. The van der Waals surface area contributed by atoms with Crippen LogP contribution in [0.4, 0.5) is 0 Å². The van der Waals surface area contributed by atoms with Crippen LogP contribution in [0.3, 0.4) is 0 Å². The van der Waals surface area contributed by atoms with E-state index in [9.17, 15) is 4.79 Å². The Morgan fingerprint density at radius 1 is 1.19 bits per heavy atom. The van der Waals surface area contributed by atoms with Crippen LogP contribution in [-0.2, 0) is 4.74 Å². The van der Waals surface area contributed by atoms with Crippen LogP contribution >= 0.6 is 0 Å². The van der Waals surface area contributed by atoms with E-state index in [1.165, 1.54) is 25.7 Å². The molecular formula is C25H37N5O2. The molecule has 1 N–H and O–H groups in total. The topological polar surface area (TPSA) is 72.3 Å². The van der Waals surface area contributed by atoms with Gasteiger partial charge in [-0.25, -0.2) is 9.67 Å². The number of nitrogens with one attached hydrogen (secondary N) is 1. The highest BCUT2D eigenvalue weighted by Crippen LogP contribution is 2.27. The molecule has 2 aromatic rings. The summed E-state index contributed by atoms with van der Waals surface area (Å²) in [5.74, 6) is 1.20. The van der Waals surface area contributed by atoms with E-state index in [0.717, 1.165) is 51.9 Å². The van der Waals surface area contributed by atoms with Gasteiger partial charge in [0.1, 0.15) is 0 Å². The first kappa shape index (κ1) is 22.9. The Balaban J connectivity index is 1.27. The zero-order valence-corrected chi connectivity index (χ0v) is 19.3. The number of hydrogen-bond acceptors (Lipinski definition) is 5. The van der Waals surface area contributed by atoms with Crippen LogP contribution in [0.2, 0.25) is 0 Å². The number of piperidine rings is 1. The first-order valence-electron chi connectivity index (χ1n) is 12.3. The maximum atomic E-state index is 12.9. The Kier molecular flexibility index (Phi) is 8.29. The summed E-state index contributed by atoms with van der Waals surface area (Å²) in [6, 6.07) is 5.77. The lowest BCUT2D eigenvalue weighted by Crippen LogP contribution is -2.48. The fraction of sp³-hybridized carbons (Fsp3) is 0.640. The van der Waals surface area contributed by atoms with Gasteiger partial charge in [0.15, 0.2) is 5.82 Å². The lowest BCUT2D eigenvalue weighted by atomic mass is 9.83. The van der Waals surface area contributed by atoms with Crippen molar-refractivity contribution in [1.82, 2.24) is 25.0 Å². The minimum atomic E-state index is -0.0237. The predicted octanol–water partition coefficient (Wildman–Crippen LogP) is 3.84. The second kappa shape index (κ2) is 11.6. The molecule has 1 saturated heterocycles. The molecule has 32 heavy (non-hydrogen) atoms. The molecule has 1 aliphatic carbocycles. The van der Waals surface area contributed by atoms with E-state index in [4.69, 9.17) is 4.74 Å². The highest BCUT2D eigenvalue weighted by Gasteiger charge is 2.30. The Morgan fingerprint density at radius 2 is 2.03 bits per heavy atom. The Bertz CT molecular complexity index is 815. The van der Waals surface area contributed by atoms with Crippen molar-refractivity contribution in [3.05, 3.63) is 42.4 Å². The van der Waals surface area contributed by atoms with Crippen molar-refractivity contribution in [2.75, 3.05) is 26.2 Å². The molecule has 7 heteroatoms. The Morgan fingerprint density at radius 3 is 2.75 bits per heavy atom. The highest BCUT2D eigenvalue weighted by atomic mass is 16.5. The summed E-state index contributed by atoms with van der Waals surface area (Å²) >= 11 is 0. The molecule has 1 saturated carbocycles. The van der Waals surface area contributed by atoms with Crippen LogP contribution < -0.4 is 5.32 Å². The smallest absolute Gasteiger partial charge is 0.253 e. The number of pyridine rings is 1. The number of hydrogen-bond donors (Lipinski definition) is 1. The molecule has 0 aromatic carbocycles. The van der Waals surface area contributed by atoms with Gasteiger partial charge in [0.05, 0.1) is 11.7 Å². The zero-order chi connectivity index (χ0) is 22.2. The second-order valence-electron chi connectivity index (χ2n) is 9.20. The minimum absolute atomic E-state index is 0.0237. The summed E-state index contributed by atoms with van der Waals surface area (Å²) < 4.78 is 7.71. The van der Waals surface area contributed by atoms with Crippen LogP contribution in [0.15, 0.2) is 36.8 Å². The molecule has 174 valence electrons. The van der Waals surface area contributed by atoms with E-state index in [-0.39, 0.29) is 11.9 Å². The van der Waals surface area contributed by atoms with Gasteiger partial charge in [0, 0.05) is 50.9 Å². The van der Waals surface area contributed by atoms with Crippen molar-refractivity contribution in [3.8, 4) is 5.82 Å². The number of carbonyl (C=O) groups excluding carboxylic acids is 1. The molecule has 2 aromatic heterocycles. The molecule has 4 rings (SSSR count). The van der Waals surface area contributed by atoms with Gasteiger partial charge in [-0.2, -0.15) is 5.10 Å². The molecule has 0 spiro atoms. The average Bonchev–Trinajstić information content (AvgIpc) is 3.37. The van der Waals surface area contributed by atoms with Crippen molar-refractivity contribution in [2.45, 2.75) is 70.4 Å². The number of amides is 1. The Labute approximate surface area is 191 Å².